The van der Waals surface area contributed by atoms with Gasteiger partial charge in [0.2, 0.25) is 10.0 Å². The van der Waals surface area contributed by atoms with Crippen molar-refractivity contribution in [3.63, 3.8) is 0 Å². The molecule has 0 amide bonds. The van der Waals surface area contributed by atoms with Crippen molar-refractivity contribution in [2.24, 2.45) is 7.05 Å². The van der Waals surface area contributed by atoms with E-state index in [0.717, 1.165) is 24.2 Å². The number of halogens is 2. The van der Waals surface area contributed by atoms with E-state index in [-0.39, 0.29) is 28.4 Å². The summed E-state index contributed by atoms with van der Waals surface area (Å²) in [6.45, 7) is 3.58. The Hall–Kier alpha value is -1.12. The van der Waals surface area contributed by atoms with Crippen molar-refractivity contribution in [3.8, 4) is 0 Å². The maximum atomic E-state index is 13.4. The van der Waals surface area contributed by atoms with E-state index in [1.807, 2.05) is 23.9 Å². The number of sulfonamides is 1. The van der Waals surface area contributed by atoms with Crippen LogP contribution in [0.25, 0.3) is 0 Å². The molecular weight excluding hydrogens is 395 g/mol. The Morgan fingerprint density at radius 3 is 2.81 bits per heavy atom. The Labute approximate surface area is 166 Å². The van der Waals surface area contributed by atoms with Crippen molar-refractivity contribution in [2.45, 2.75) is 30.7 Å². The van der Waals surface area contributed by atoms with Crippen LogP contribution in [0.5, 0.6) is 0 Å². The van der Waals surface area contributed by atoms with E-state index in [9.17, 15) is 8.42 Å². The molecule has 1 aliphatic rings. The van der Waals surface area contributed by atoms with E-state index < -0.39 is 10.0 Å². The van der Waals surface area contributed by atoms with Gasteiger partial charge in [-0.2, -0.15) is 4.31 Å². The summed E-state index contributed by atoms with van der Waals surface area (Å²) in [6.07, 6.45) is 5.28. The Balaban J connectivity index is 0.00000243. The van der Waals surface area contributed by atoms with E-state index in [1.54, 1.807) is 18.3 Å². The molecule has 2 aromatic rings. The van der Waals surface area contributed by atoms with Gasteiger partial charge in [0.15, 0.2) is 0 Å². The Bertz CT molecular complexity index is 854. The molecule has 1 unspecified atom stereocenters. The van der Waals surface area contributed by atoms with Gasteiger partial charge in [0.05, 0.1) is 11.1 Å². The van der Waals surface area contributed by atoms with Crippen molar-refractivity contribution in [1.82, 2.24) is 19.2 Å². The van der Waals surface area contributed by atoms with E-state index in [1.165, 1.54) is 4.31 Å². The highest BCUT2D eigenvalue weighted by molar-refractivity contribution is 7.89. The fourth-order valence-electron chi connectivity index (χ4n) is 3.21. The first kappa shape index (κ1) is 21.2. The summed E-state index contributed by atoms with van der Waals surface area (Å²) in [5.74, 6) is 0.719. The predicted molar refractivity (Wildman–Crippen MR) is 105 cm³/mol. The van der Waals surface area contributed by atoms with E-state index >= 15 is 0 Å². The fraction of sp³-hybridized carbons (Fsp3) is 0.471. The minimum absolute atomic E-state index is 0. The van der Waals surface area contributed by atoms with Crippen LogP contribution >= 0.6 is 24.0 Å². The van der Waals surface area contributed by atoms with Gasteiger partial charge in [-0.3, -0.25) is 0 Å². The number of imidazole rings is 1. The summed E-state index contributed by atoms with van der Waals surface area (Å²) >= 11 is 6.26. The van der Waals surface area contributed by atoms with Gasteiger partial charge >= 0.3 is 0 Å². The zero-order chi connectivity index (χ0) is 18.0. The summed E-state index contributed by atoms with van der Waals surface area (Å²) < 4.78 is 30.1. The third kappa shape index (κ3) is 4.07. The number of aromatic nitrogens is 2. The molecule has 0 radical (unpaired) electrons. The standard InChI is InChI=1S/C17H23ClN4O2S.ClH/c1-3-4-13-5-6-14(18)16(11-13)25(23,24)22-10-7-19-12-15(22)17-20-8-9-21(17)2;/h5-6,8-9,11,15,19H,3-4,7,10,12H2,1-2H3;1H. The molecule has 0 bridgehead atoms. The number of nitrogens with zero attached hydrogens (tertiary/aromatic N) is 3. The van der Waals surface area contributed by atoms with E-state index in [0.29, 0.717) is 19.6 Å². The van der Waals surface area contributed by atoms with Crippen LogP contribution in [-0.4, -0.2) is 41.9 Å². The third-order valence-electron chi connectivity index (χ3n) is 4.47. The molecule has 144 valence electrons. The van der Waals surface area contributed by atoms with Crippen LogP contribution in [-0.2, 0) is 23.5 Å². The second-order valence-electron chi connectivity index (χ2n) is 6.25. The SMILES string of the molecule is CCCc1ccc(Cl)c(S(=O)(=O)N2CCNCC2c2nccn2C)c1.Cl. The molecule has 9 heteroatoms. The first-order valence-electron chi connectivity index (χ1n) is 8.43. The summed E-state index contributed by atoms with van der Waals surface area (Å²) in [5.41, 5.74) is 0.981. The van der Waals surface area contributed by atoms with Gasteiger partial charge in [-0.25, -0.2) is 13.4 Å². The molecule has 1 aromatic carbocycles. The van der Waals surface area contributed by atoms with Gasteiger partial charge in [0.25, 0.3) is 0 Å². The predicted octanol–water partition coefficient (Wildman–Crippen LogP) is 2.78. The molecule has 1 aliphatic heterocycles. The molecule has 1 fully saturated rings. The highest BCUT2D eigenvalue weighted by atomic mass is 35.5. The summed E-state index contributed by atoms with van der Waals surface area (Å²) in [6, 6.07) is 4.92. The molecule has 6 nitrogen and oxygen atoms in total. The number of rotatable bonds is 5. The Morgan fingerprint density at radius 2 is 2.15 bits per heavy atom. The van der Waals surface area contributed by atoms with Crippen molar-refractivity contribution in [3.05, 3.63) is 47.0 Å². The maximum Gasteiger partial charge on any atom is 0.245 e. The molecule has 1 aromatic heterocycles. The van der Waals surface area contributed by atoms with Gasteiger partial charge in [0.1, 0.15) is 10.7 Å². The summed E-state index contributed by atoms with van der Waals surface area (Å²) in [5, 5.41) is 3.52. The molecule has 1 saturated heterocycles. The van der Waals surface area contributed by atoms with Gasteiger partial charge in [-0.05, 0) is 24.1 Å². The first-order valence-corrected chi connectivity index (χ1v) is 10.2. The van der Waals surface area contributed by atoms with Gasteiger partial charge in [0, 0.05) is 39.1 Å². The third-order valence-corrected chi connectivity index (χ3v) is 6.86. The number of hydrogen-bond donors (Lipinski definition) is 1. The number of nitrogens with one attached hydrogen (secondary N) is 1. The largest absolute Gasteiger partial charge is 0.337 e. The summed E-state index contributed by atoms with van der Waals surface area (Å²) in [4.78, 5) is 4.53. The second-order valence-corrected chi connectivity index (χ2v) is 8.51. The van der Waals surface area contributed by atoms with Crippen LogP contribution in [0.2, 0.25) is 5.02 Å². The molecule has 0 saturated carbocycles. The first-order chi connectivity index (χ1) is 11.9. The van der Waals surface area contributed by atoms with Crippen LogP contribution in [0.15, 0.2) is 35.5 Å². The van der Waals surface area contributed by atoms with Crippen molar-refractivity contribution >= 4 is 34.0 Å². The zero-order valence-corrected chi connectivity index (χ0v) is 17.2. The second kappa shape index (κ2) is 8.71. The van der Waals surface area contributed by atoms with Crippen LogP contribution in [0, 0.1) is 0 Å². The average molecular weight is 419 g/mol. The lowest BCUT2D eigenvalue weighted by Gasteiger charge is -2.34. The van der Waals surface area contributed by atoms with Gasteiger partial charge in [-0.15, -0.1) is 12.4 Å². The molecule has 0 spiro atoms. The van der Waals surface area contributed by atoms with E-state index in [4.69, 9.17) is 11.6 Å². The van der Waals surface area contributed by atoms with Crippen molar-refractivity contribution < 1.29 is 8.42 Å². The molecule has 3 rings (SSSR count). The molecule has 26 heavy (non-hydrogen) atoms. The minimum Gasteiger partial charge on any atom is -0.337 e. The Morgan fingerprint density at radius 1 is 1.38 bits per heavy atom. The van der Waals surface area contributed by atoms with Gasteiger partial charge in [-0.1, -0.05) is 31.0 Å². The van der Waals surface area contributed by atoms with Gasteiger partial charge < -0.3 is 9.88 Å². The van der Waals surface area contributed by atoms with Crippen LogP contribution in [0.4, 0.5) is 0 Å². The number of aryl methyl sites for hydroxylation is 2. The lowest BCUT2D eigenvalue weighted by molar-refractivity contribution is 0.258. The van der Waals surface area contributed by atoms with E-state index in [2.05, 4.69) is 17.2 Å². The monoisotopic (exact) mass is 418 g/mol. The van der Waals surface area contributed by atoms with Crippen molar-refractivity contribution in [1.29, 1.82) is 0 Å². The van der Waals surface area contributed by atoms with Crippen LogP contribution < -0.4 is 5.32 Å². The van der Waals surface area contributed by atoms with Crippen LogP contribution in [0.1, 0.15) is 30.8 Å². The molecule has 1 atom stereocenters. The normalized spacial score (nSPS) is 18.5. The molecule has 2 heterocycles. The maximum absolute atomic E-state index is 13.4. The molecular formula is C17H24Cl2N4O2S. The topological polar surface area (TPSA) is 67.2 Å². The quantitative estimate of drug-likeness (QED) is 0.810. The fourth-order valence-corrected chi connectivity index (χ4v) is 5.32. The number of hydrogen-bond acceptors (Lipinski definition) is 4. The lowest BCUT2D eigenvalue weighted by Crippen LogP contribution is -2.49. The smallest absolute Gasteiger partial charge is 0.245 e. The molecule has 1 N–H and O–H groups in total. The Kier molecular flexibility index (Phi) is 7.10. The van der Waals surface area contributed by atoms with Crippen molar-refractivity contribution in [2.75, 3.05) is 19.6 Å². The number of piperazine rings is 1. The minimum atomic E-state index is -3.72. The summed E-state index contributed by atoms with van der Waals surface area (Å²) in [7, 11) is -1.85. The number of benzene rings is 1. The highest BCUT2D eigenvalue weighted by Crippen LogP contribution is 2.32. The highest BCUT2D eigenvalue weighted by Gasteiger charge is 2.37. The van der Waals surface area contributed by atoms with Crippen LogP contribution in [0.3, 0.4) is 0 Å². The molecule has 0 aliphatic carbocycles. The average Bonchev–Trinajstić information content (AvgIpc) is 3.02. The lowest BCUT2D eigenvalue weighted by atomic mass is 10.1. The zero-order valence-electron chi connectivity index (χ0n) is 14.9.